The van der Waals surface area contributed by atoms with Crippen LogP contribution in [0, 0.1) is 0 Å². The number of hydrogen-bond acceptors (Lipinski definition) is 6. The minimum Gasteiger partial charge on any atom is -0.392 e. The summed E-state index contributed by atoms with van der Waals surface area (Å²) in [5.41, 5.74) is 5.33. The molecule has 2 aliphatic rings. The van der Waals surface area contributed by atoms with Crippen LogP contribution in [0.5, 0.6) is 0 Å². The first-order valence-electron chi connectivity index (χ1n) is 16.2. The Morgan fingerprint density at radius 1 is 0.857 bits per heavy atom. The second-order valence-corrected chi connectivity index (χ2v) is 13.3. The molecule has 7 nitrogen and oxygen atoms in total. The number of benzene rings is 4. The zero-order valence-corrected chi connectivity index (χ0v) is 27.5. The number of aliphatic hydroxyl groups is 1. The molecule has 2 saturated heterocycles. The van der Waals surface area contributed by atoms with Crippen molar-refractivity contribution in [2.75, 3.05) is 12.3 Å². The Hall–Kier alpha value is -4.16. The van der Waals surface area contributed by atoms with Gasteiger partial charge in [0.05, 0.1) is 18.8 Å². The average molecular weight is 691 g/mol. The predicted octanol–water partition coefficient (Wildman–Crippen LogP) is 7.35. The first kappa shape index (κ1) is 34.7. The van der Waals surface area contributed by atoms with Crippen molar-refractivity contribution >= 4 is 23.6 Å². The van der Waals surface area contributed by atoms with Crippen LogP contribution in [0.15, 0.2) is 108 Å². The van der Waals surface area contributed by atoms with Crippen LogP contribution in [0.4, 0.5) is 13.2 Å². The third-order valence-electron chi connectivity index (χ3n) is 8.76. The molecule has 2 N–H and O–H groups in total. The van der Waals surface area contributed by atoms with Crippen LogP contribution in [0.25, 0.3) is 11.1 Å². The van der Waals surface area contributed by atoms with Crippen molar-refractivity contribution in [2.24, 2.45) is 0 Å². The first-order valence-corrected chi connectivity index (χ1v) is 17.2. The van der Waals surface area contributed by atoms with Gasteiger partial charge in [0.1, 0.15) is 6.04 Å². The fourth-order valence-corrected chi connectivity index (χ4v) is 7.12. The Morgan fingerprint density at radius 3 is 2.31 bits per heavy atom. The number of thioether (sulfide) groups is 1. The Balaban J connectivity index is 1.12. The second-order valence-electron chi connectivity index (χ2n) is 12.2. The van der Waals surface area contributed by atoms with E-state index in [-0.39, 0.29) is 38.3 Å². The minimum atomic E-state index is -5.01. The summed E-state index contributed by atoms with van der Waals surface area (Å²) >= 11 is 1.74. The van der Waals surface area contributed by atoms with Gasteiger partial charge in [-0.25, -0.2) is 0 Å². The molecule has 0 bridgehead atoms. The maximum atomic E-state index is 13.0. The van der Waals surface area contributed by atoms with Gasteiger partial charge in [-0.05, 0) is 58.9 Å². The van der Waals surface area contributed by atoms with Gasteiger partial charge in [-0.2, -0.15) is 13.2 Å². The zero-order valence-electron chi connectivity index (χ0n) is 26.6. The lowest BCUT2D eigenvalue weighted by Gasteiger charge is -2.36. The van der Waals surface area contributed by atoms with Gasteiger partial charge in [-0.1, -0.05) is 84.9 Å². The summed E-state index contributed by atoms with van der Waals surface area (Å²) in [4.78, 5) is 26.3. The van der Waals surface area contributed by atoms with E-state index in [0.29, 0.717) is 17.7 Å². The number of amides is 2. The number of halogens is 3. The molecule has 0 aromatic heterocycles. The molecule has 0 aliphatic carbocycles. The van der Waals surface area contributed by atoms with E-state index in [1.807, 2.05) is 91.0 Å². The molecule has 11 heteroatoms. The van der Waals surface area contributed by atoms with Crippen molar-refractivity contribution in [2.45, 2.75) is 68.0 Å². The highest BCUT2D eigenvalue weighted by Gasteiger charge is 2.47. The third kappa shape index (κ3) is 8.72. The van der Waals surface area contributed by atoms with E-state index in [9.17, 15) is 27.9 Å². The lowest BCUT2D eigenvalue weighted by molar-refractivity contribution is -0.245. The molecule has 0 saturated carbocycles. The molecular weight excluding hydrogens is 653 g/mol. The summed E-state index contributed by atoms with van der Waals surface area (Å²) < 4.78 is 52.0. The summed E-state index contributed by atoms with van der Waals surface area (Å²) in [7, 11) is 0. The standard InChI is InChI=1S/C38H37F3N2O5S/c39-38(40,41)37(46)43-19-5-10-33(43)35(45)42-22-26-6-4-7-30(20-26)27-15-17-29(18-16-27)36-47-31(24-49-32-8-2-1-3-9-32)21-34(48-36)28-13-11-25(23-44)12-14-28/h1-4,6-9,11-18,20,31,33-34,36,44H,5,10,19,21-24H2,(H,42,45). The average Bonchev–Trinajstić information content (AvgIpc) is 3.63. The summed E-state index contributed by atoms with van der Waals surface area (Å²) in [5.74, 6) is -1.82. The number of likely N-dealkylation sites (tertiary alicyclic amines) is 1. The Kier molecular flexibility index (Phi) is 11.0. The number of hydrogen-bond donors (Lipinski definition) is 2. The largest absolute Gasteiger partial charge is 0.471 e. The Labute approximate surface area is 287 Å². The molecule has 4 unspecified atom stereocenters. The molecule has 49 heavy (non-hydrogen) atoms. The number of nitrogens with one attached hydrogen (secondary N) is 1. The van der Waals surface area contributed by atoms with Crippen molar-refractivity contribution in [3.63, 3.8) is 0 Å². The van der Waals surface area contributed by atoms with E-state index < -0.39 is 30.3 Å². The summed E-state index contributed by atoms with van der Waals surface area (Å²) in [5, 5.41) is 12.2. The van der Waals surface area contributed by atoms with Crippen molar-refractivity contribution in [3.8, 4) is 11.1 Å². The lowest BCUT2D eigenvalue weighted by atomic mass is 9.99. The molecule has 256 valence electrons. The first-order chi connectivity index (χ1) is 23.7. The Bertz CT molecular complexity index is 1720. The SMILES string of the molecule is O=C(NCc1cccc(-c2ccc(C3OC(CSc4ccccc4)CC(c4ccc(CO)cc4)O3)cc2)c1)C1CCCN1C(=O)C(F)(F)F. The van der Waals surface area contributed by atoms with Crippen LogP contribution in [-0.4, -0.2) is 52.4 Å². The molecular formula is C38H37F3N2O5S. The van der Waals surface area contributed by atoms with E-state index in [4.69, 9.17) is 9.47 Å². The predicted molar refractivity (Wildman–Crippen MR) is 180 cm³/mol. The van der Waals surface area contributed by atoms with Crippen LogP contribution in [0.2, 0.25) is 0 Å². The Morgan fingerprint density at radius 2 is 1.59 bits per heavy atom. The number of carbonyl (C=O) groups excluding carboxylic acids is 2. The van der Waals surface area contributed by atoms with Gasteiger partial charge >= 0.3 is 12.1 Å². The van der Waals surface area contributed by atoms with E-state index in [1.54, 1.807) is 11.8 Å². The quantitative estimate of drug-likeness (QED) is 0.169. The van der Waals surface area contributed by atoms with Crippen molar-refractivity contribution in [1.82, 2.24) is 10.2 Å². The molecule has 6 rings (SSSR count). The highest BCUT2D eigenvalue weighted by Crippen LogP contribution is 2.40. The van der Waals surface area contributed by atoms with Crippen molar-refractivity contribution in [3.05, 3.63) is 125 Å². The number of alkyl halides is 3. The fourth-order valence-electron chi connectivity index (χ4n) is 6.17. The fraction of sp³-hybridized carbons (Fsp3) is 0.316. The monoisotopic (exact) mass is 690 g/mol. The zero-order chi connectivity index (χ0) is 34.4. The van der Waals surface area contributed by atoms with Crippen LogP contribution < -0.4 is 5.32 Å². The number of nitrogens with zero attached hydrogens (tertiary/aromatic N) is 1. The molecule has 4 aromatic carbocycles. The van der Waals surface area contributed by atoms with Crippen LogP contribution >= 0.6 is 11.8 Å². The van der Waals surface area contributed by atoms with E-state index in [2.05, 4.69) is 17.4 Å². The smallest absolute Gasteiger partial charge is 0.392 e. The van der Waals surface area contributed by atoms with Gasteiger partial charge in [0.25, 0.3) is 0 Å². The minimum absolute atomic E-state index is 0.0233. The van der Waals surface area contributed by atoms with E-state index >= 15 is 0 Å². The molecule has 2 fully saturated rings. The topological polar surface area (TPSA) is 88.1 Å². The van der Waals surface area contributed by atoms with Gasteiger partial charge in [-0.15, -0.1) is 11.8 Å². The number of ether oxygens (including phenoxy) is 2. The molecule has 2 heterocycles. The highest BCUT2D eigenvalue weighted by atomic mass is 32.2. The van der Waals surface area contributed by atoms with Crippen LogP contribution in [0.3, 0.4) is 0 Å². The summed E-state index contributed by atoms with van der Waals surface area (Å²) in [6.07, 6.45) is -4.64. The maximum Gasteiger partial charge on any atom is 0.471 e. The molecule has 0 spiro atoms. The number of rotatable bonds is 10. The van der Waals surface area contributed by atoms with E-state index in [0.717, 1.165) is 39.1 Å². The van der Waals surface area contributed by atoms with Gasteiger partial charge in [-0.3, -0.25) is 9.59 Å². The number of aliphatic hydroxyl groups excluding tert-OH is 1. The van der Waals surface area contributed by atoms with Gasteiger partial charge in [0, 0.05) is 35.7 Å². The van der Waals surface area contributed by atoms with Gasteiger partial charge < -0.3 is 24.8 Å². The summed E-state index contributed by atoms with van der Waals surface area (Å²) in [6, 6.07) is 32.3. The second kappa shape index (κ2) is 15.6. The van der Waals surface area contributed by atoms with E-state index in [1.165, 1.54) is 4.90 Å². The molecule has 4 atom stereocenters. The van der Waals surface area contributed by atoms with Gasteiger partial charge in [0.15, 0.2) is 6.29 Å². The third-order valence-corrected chi connectivity index (χ3v) is 9.91. The van der Waals surface area contributed by atoms with Gasteiger partial charge in [0.2, 0.25) is 5.91 Å². The van der Waals surface area contributed by atoms with Crippen LogP contribution in [-0.2, 0) is 32.2 Å². The molecule has 2 aliphatic heterocycles. The summed E-state index contributed by atoms with van der Waals surface area (Å²) in [6.45, 7) is -0.00282. The van der Waals surface area contributed by atoms with Crippen molar-refractivity contribution in [1.29, 1.82) is 0 Å². The maximum absolute atomic E-state index is 13.0. The molecule has 0 radical (unpaired) electrons. The molecule has 4 aromatic rings. The highest BCUT2D eigenvalue weighted by molar-refractivity contribution is 7.99. The van der Waals surface area contributed by atoms with Crippen molar-refractivity contribution < 1.29 is 37.3 Å². The number of carbonyl (C=O) groups is 2. The normalized spacial score (nSPS) is 21.0. The lowest BCUT2D eigenvalue weighted by Crippen LogP contribution is -2.50. The van der Waals surface area contributed by atoms with Crippen LogP contribution in [0.1, 0.15) is 53.9 Å². The molecule has 2 amide bonds.